The third-order valence-electron chi connectivity index (χ3n) is 4.38. The lowest BCUT2D eigenvalue weighted by molar-refractivity contribution is 0.518. The summed E-state index contributed by atoms with van der Waals surface area (Å²) in [5.41, 5.74) is 10.2. The zero-order valence-corrected chi connectivity index (χ0v) is 13.7. The molecule has 1 aromatic carbocycles. The van der Waals surface area contributed by atoms with Crippen LogP contribution in [0.5, 0.6) is 0 Å². The monoisotopic (exact) mass is 276 g/mol. The van der Waals surface area contributed by atoms with Crippen molar-refractivity contribution >= 4 is 11.6 Å². The molecule has 0 spiro atoms. The maximum Gasteiger partial charge on any atom is -0.00851 e. The fourth-order valence-corrected chi connectivity index (χ4v) is 3.25. The van der Waals surface area contributed by atoms with E-state index in [-0.39, 0.29) is 5.41 Å². The summed E-state index contributed by atoms with van der Waals surface area (Å²) in [4.78, 5) is 0. The van der Waals surface area contributed by atoms with Gasteiger partial charge in [0.2, 0.25) is 0 Å². The first-order valence-electron chi connectivity index (χ1n) is 7.78. The van der Waals surface area contributed by atoms with Gasteiger partial charge in [0.15, 0.2) is 0 Å². The van der Waals surface area contributed by atoms with Gasteiger partial charge < -0.3 is 0 Å². The molecule has 0 fully saturated rings. The van der Waals surface area contributed by atoms with Gasteiger partial charge in [-0.2, -0.15) is 0 Å². The van der Waals surface area contributed by atoms with Crippen molar-refractivity contribution in [3.63, 3.8) is 0 Å². The van der Waals surface area contributed by atoms with Gasteiger partial charge in [0.05, 0.1) is 0 Å². The molecular weight excluding hydrogens is 252 g/mol. The maximum atomic E-state index is 2.40. The Hall–Kier alpha value is -1.82. The summed E-state index contributed by atoms with van der Waals surface area (Å²) in [6.07, 6.45) is 8.22. The first kappa shape index (κ1) is 14.1. The highest BCUT2D eigenvalue weighted by Gasteiger charge is 2.26. The second-order valence-corrected chi connectivity index (χ2v) is 7.30. The van der Waals surface area contributed by atoms with Crippen molar-refractivity contribution in [3.05, 3.63) is 69.8 Å². The van der Waals surface area contributed by atoms with Gasteiger partial charge in [-0.25, -0.2) is 0 Å². The molecule has 0 unspecified atom stereocenters. The van der Waals surface area contributed by atoms with E-state index in [0.717, 1.165) is 6.42 Å². The second kappa shape index (κ2) is 4.87. The standard InChI is InChI=1S/C21H24/c1-14(2)20-18-9-7-6-8-15(18)13-19(20)16-10-11-17(12-16)21(3,4)5/h6-9,11-13H,10H2,1-5H3. The van der Waals surface area contributed by atoms with Crippen molar-refractivity contribution < 1.29 is 0 Å². The molecule has 0 heteroatoms. The van der Waals surface area contributed by atoms with E-state index in [1.54, 1.807) is 0 Å². The molecule has 3 rings (SSSR count). The number of benzene rings is 1. The normalized spacial score (nSPS) is 17.4. The van der Waals surface area contributed by atoms with Gasteiger partial charge in [-0.3, -0.25) is 0 Å². The predicted molar refractivity (Wildman–Crippen MR) is 92.9 cm³/mol. The Kier molecular flexibility index (Phi) is 3.28. The van der Waals surface area contributed by atoms with E-state index >= 15 is 0 Å². The van der Waals surface area contributed by atoms with Gasteiger partial charge in [0.1, 0.15) is 0 Å². The van der Waals surface area contributed by atoms with E-state index in [9.17, 15) is 0 Å². The number of hydrogen-bond donors (Lipinski definition) is 0. The molecule has 0 nitrogen and oxygen atoms in total. The minimum Gasteiger partial charge on any atom is -0.0763 e. The van der Waals surface area contributed by atoms with Crippen LogP contribution >= 0.6 is 0 Å². The first-order chi connectivity index (χ1) is 9.88. The average Bonchev–Trinajstić information content (AvgIpc) is 3.02. The first-order valence-corrected chi connectivity index (χ1v) is 7.78. The summed E-state index contributed by atoms with van der Waals surface area (Å²) in [6.45, 7) is 11.3. The number of hydrogen-bond acceptors (Lipinski definition) is 0. The summed E-state index contributed by atoms with van der Waals surface area (Å²) in [7, 11) is 0. The summed E-state index contributed by atoms with van der Waals surface area (Å²) in [6, 6.07) is 8.73. The van der Waals surface area contributed by atoms with E-state index < -0.39 is 0 Å². The SMILES string of the molecule is CC(C)=C1C(C2=CC(C(C)(C)C)=CC2)=Cc2ccccc21. The van der Waals surface area contributed by atoms with Crippen molar-refractivity contribution in [1.29, 1.82) is 0 Å². The molecule has 0 saturated carbocycles. The van der Waals surface area contributed by atoms with Gasteiger partial charge in [-0.1, -0.05) is 62.8 Å². The van der Waals surface area contributed by atoms with Crippen LogP contribution in [0.3, 0.4) is 0 Å². The molecule has 108 valence electrons. The lowest BCUT2D eigenvalue weighted by atomic mass is 9.87. The minimum absolute atomic E-state index is 0.235. The summed E-state index contributed by atoms with van der Waals surface area (Å²) in [5.74, 6) is 0. The Morgan fingerprint density at radius 3 is 2.33 bits per heavy atom. The van der Waals surface area contributed by atoms with Crippen molar-refractivity contribution in [2.45, 2.75) is 41.0 Å². The third-order valence-corrected chi connectivity index (χ3v) is 4.38. The van der Waals surface area contributed by atoms with Gasteiger partial charge in [-0.05, 0) is 65.2 Å². The number of allylic oxidation sites excluding steroid dienone is 7. The number of rotatable bonds is 1. The van der Waals surface area contributed by atoms with E-state index in [1.807, 2.05) is 0 Å². The molecule has 0 N–H and O–H groups in total. The van der Waals surface area contributed by atoms with Crippen LogP contribution in [0.25, 0.3) is 11.6 Å². The van der Waals surface area contributed by atoms with Gasteiger partial charge in [0, 0.05) is 0 Å². The van der Waals surface area contributed by atoms with Crippen LogP contribution in [0, 0.1) is 5.41 Å². The lowest BCUT2D eigenvalue weighted by Crippen LogP contribution is -2.05. The summed E-state index contributed by atoms with van der Waals surface area (Å²) in [5, 5.41) is 0. The average molecular weight is 276 g/mol. The zero-order valence-electron chi connectivity index (χ0n) is 13.7. The fraction of sp³-hybridized carbons (Fsp3) is 0.333. The van der Waals surface area contributed by atoms with Crippen LogP contribution in [0.2, 0.25) is 0 Å². The molecule has 0 amide bonds. The van der Waals surface area contributed by atoms with Crippen molar-refractivity contribution in [2.24, 2.45) is 5.41 Å². The third kappa shape index (κ3) is 2.44. The highest BCUT2D eigenvalue weighted by Crippen LogP contribution is 2.45. The molecule has 1 aromatic rings. The van der Waals surface area contributed by atoms with Crippen LogP contribution in [0.4, 0.5) is 0 Å². The fourth-order valence-electron chi connectivity index (χ4n) is 3.25. The molecule has 0 radical (unpaired) electrons. The highest BCUT2D eigenvalue weighted by atomic mass is 14.3. The second-order valence-electron chi connectivity index (χ2n) is 7.30. The molecule has 0 atom stereocenters. The topological polar surface area (TPSA) is 0 Å². The van der Waals surface area contributed by atoms with Crippen LogP contribution in [0.1, 0.15) is 52.2 Å². The molecule has 0 aliphatic heterocycles. The van der Waals surface area contributed by atoms with Gasteiger partial charge in [-0.15, -0.1) is 0 Å². The van der Waals surface area contributed by atoms with Crippen molar-refractivity contribution in [1.82, 2.24) is 0 Å². The quantitative estimate of drug-likeness (QED) is 0.574. The zero-order chi connectivity index (χ0) is 15.2. The lowest BCUT2D eigenvalue weighted by Gasteiger charge is -2.18. The predicted octanol–water partition coefficient (Wildman–Crippen LogP) is 6.18. The van der Waals surface area contributed by atoms with Crippen LogP contribution in [-0.4, -0.2) is 0 Å². The summed E-state index contributed by atoms with van der Waals surface area (Å²) >= 11 is 0. The molecule has 21 heavy (non-hydrogen) atoms. The van der Waals surface area contributed by atoms with Crippen molar-refractivity contribution in [2.75, 3.05) is 0 Å². The van der Waals surface area contributed by atoms with E-state index in [1.165, 1.54) is 39.0 Å². The largest absolute Gasteiger partial charge is 0.0763 e. The Bertz CT molecular complexity index is 709. The van der Waals surface area contributed by atoms with E-state index in [2.05, 4.69) is 77.1 Å². The molecule has 2 aliphatic rings. The highest BCUT2D eigenvalue weighted by molar-refractivity contribution is 5.99. The molecule has 0 heterocycles. The van der Waals surface area contributed by atoms with Crippen LogP contribution < -0.4 is 0 Å². The molecule has 0 bridgehead atoms. The Labute approximate surface area is 128 Å². The van der Waals surface area contributed by atoms with Crippen molar-refractivity contribution in [3.8, 4) is 0 Å². The van der Waals surface area contributed by atoms with E-state index in [0.29, 0.717) is 0 Å². The Morgan fingerprint density at radius 1 is 1.00 bits per heavy atom. The number of fused-ring (bicyclic) bond motifs is 1. The Balaban J connectivity index is 2.05. The molecule has 0 aromatic heterocycles. The smallest absolute Gasteiger partial charge is 0.00851 e. The maximum absolute atomic E-state index is 2.40. The van der Waals surface area contributed by atoms with E-state index in [4.69, 9.17) is 0 Å². The summed E-state index contributed by atoms with van der Waals surface area (Å²) < 4.78 is 0. The van der Waals surface area contributed by atoms with Gasteiger partial charge >= 0.3 is 0 Å². The van der Waals surface area contributed by atoms with Gasteiger partial charge in [0.25, 0.3) is 0 Å². The van der Waals surface area contributed by atoms with Crippen LogP contribution in [-0.2, 0) is 0 Å². The minimum atomic E-state index is 0.235. The molecular formula is C21H24. The molecule has 0 saturated heterocycles. The Morgan fingerprint density at radius 2 is 1.71 bits per heavy atom. The van der Waals surface area contributed by atoms with Crippen LogP contribution in [0.15, 0.2) is 58.7 Å². The molecule has 2 aliphatic carbocycles.